The highest BCUT2D eigenvalue weighted by atomic mass is 16.3. The molecule has 0 aromatic carbocycles. The maximum Gasteiger partial charge on any atom is 0.248 e. The summed E-state index contributed by atoms with van der Waals surface area (Å²) in [5.74, 6) is 0.582. The van der Waals surface area contributed by atoms with E-state index in [1.54, 1.807) is 0 Å². The monoisotopic (exact) mass is 183 g/mol. The quantitative estimate of drug-likeness (QED) is 0.647. The van der Waals surface area contributed by atoms with Crippen LogP contribution in [0.4, 0.5) is 0 Å². The Kier molecular flexibility index (Phi) is 2.06. The van der Waals surface area contributed by atoms with Gasteiger partial charge in [-0.2, -0.15) is 0 Å². The lowest BCUT2D eigenvalue weighted by atomic mass is 9.83. The first kappa shape index (κ1) is 9.00. The number of hydrogen-bond acceptors (Lipinski definition) is 2. The van der Waals surface area contributed by atoms with Crippen LogP contribution in [-0.2, 0) is 4.79 Å². The Balaban J connectivity index is 2.05. The Labute approximate surface area is 78.7 Å². The van der Waals surface area contributed by atoms with Crippen LogP contribution in [0.5, 0.6) is 0 Å². The van der Waals surface area contributed by atoms with E-state index in [2.05, 4.69) is 6.92 Å². The molecular formula is C10H17NO2. The van der Waals surface area contributed by atoms with Crippen LogP contribution in [0, 0.1) is 11.3 Å². The lowest BCUT2D eigenvalue weighted by molar-refractivity contribution is -0.133. The summed E-state index contributed by atoms with van der Waals surface area (Å²) in [7, 11) is 0. The van der Waals surface area contributed by atoms with Crippen LogP contribution in [-0.4, -0.2) is 35.6 Å². The van der Waals surface area contributed by atoms with Gasteiger partial charge in [0.2, 0.25) is 5.91 Å². The Hall–Kier alpha value is -0.570. The number of aliphatic hydroxyl groups excluding tert-OH is 1. The second-order valence-electron chi connectivity index (χ2n) is 4.68. The summed E-state index contributed by atoms with van der Waals surface area (Å²) in [5.41, 5.74) is 0.352. The number of nitrogens with zero attached hydrogens (tertiary/aromatic N) is 1. The van der Waals surface area contributed by atoms with Gasteiger partial charge in [0.25, 0.3) is 0 Å². The molecule has 2 rings (SSSR count). The van der Waals surface area contributed by atoms with Crippen molar-refractivity contribution in [3.05, 3.63) is 0 Å². The van der Waals surface area contributed by atoms with E-state index in [1.807, 2.05) is 4.90 Å². The molecule has 1 saturated heterocycles. The van der Waals surface area contributed by atoms with E-state index in [9.17, 15) is 4.79 Å². The number of amides is 1. The van der Waals surface area contributed by atoms with E-state index in [0.717, 1.165) is 13.1 Å². The molecule has 1 amide bonds. The van der Waals surface area contributed by atoms with Crippen LogP contribution in [0.3, 0.4) is 0 Å². The van der Waals surface area contributed by atoms with Crippen molar-refractivity contribution in [2.75, 3.05) is 19.7 Å². The molecule has 3 heteroatoms. The molecule has 0 aromatic heterocycles. The Morgan fingerprint density at radius 1 is 1.69 bits per heavy atom. The van der Waals surface area contributed by atoms with Crippen LogP contribution < -0.4 is 0 Å². The molecule has 1 heterocycles. The van der Waals surface area contributed by atoms with Crippen molar-refractivity contribution in [2.24, 2.45) is 11.3 Å². The molecule has 1 saturated carbocycles. The minimum absolute atomic E-state index is 0.101. The van der Waals surface area contributed by atoms with Gasteiger partial charge in [-0.25, -0.2) is 0 Å². The van der Waals surface area contributed by atoms with Gasteiger partial charge >= 0.3 is 0 Å². The summed E-state index contributed by atoms with van der Waals surface area (Å²) in [5, 5.41) is 8.75. The molecule has 3 nitrogen and oxygen atoms in total. The molecule has 1 N–H and O–H groups in total. The third kappa shape index (κ3) is 1.35. The van der Waals surface area contributed by atoms with E-state index in [0.29, 0.717) is 11.3 Å². The molecule has 0 radical (unpaired) electrons. The smallest absolute Gasteiger partial charge is 0.248 e. The molecule has 74 valence electrons. The van der Waals surface area contributed by atoms with Gasteiger partial charge in [-0.1, -0.05) is 13.3 Å². The standard InChI is InChI=1S/C10H17NO2/c1-10-4-2-3-8(10)5-11(7-10)9(13)6-12/h8,12H,2-7H2,1H3/t8?,10-/m1/s1. The normalized spacial score (nSPS) is 38.0. The number of likely N-dealkylation sites (tertiary alicyclic amines) is 1. The zero-order chi connectivity index (χ0) is 9.47. The highest BCUT2D eigenvalue weighted by Crippen LogP contribution is 2.48. The number of rotatable bonds is 1. The second kappa shape index (κ2) is 2.98. The molecular weight excluding hydrogens is 166 g/mol. The minimum atomic E-state index is -0.331. The van der Waals surface area contributed by atoms with Crippen LogP contribution >= 0.6 is 0 Å². The molecule has 2 atom stereocenters. The summed E-state index contributed by atoms with van der Waals surface area (Å²) in [6.45, 7) is 3.67. The van der Waals surface area contributed by atoms with Crippen LogP contribution in [0.25, 0.3) is 0 Å². The average molecular weight is 183 g/mol. The zero-order valence-corrected chi connectivity index (χ0v) is 8.12. The summed E-state index contributed by atoms with van der Waals surface area (Å²) in [6, 6.07) is 0. The number of hydrogen-bond donors (Lipinski definition) is 1. The highest BCUT2D eigenvalue weighted by molar-refractivity contribution is 5.77. The molecule has 1 aliphatic carbocycles. The fourth-order valence-electron chi connectivity index (χ4n) is 2.88. The summed E-state index contributed by atoms with van der Waals surface area (Å²) < 4.78 is 0. The number of carbonyl (C=O) groups excluding carboxylic acids is 1. The minimum Gasteiger partial charge on any atom is -0.387 e. The van der Waals surface area contributed by atoms with Gasteiger partial charge < -0.3 is 10.0 Å². The van der Waals surface area contributed by atoms with Crippen molar-refractivity contribution in [3.63, 3.8) is 0 Å². The van der Waals surface area contributed by atoms with Crippen molar-refractivity contribution in [1.82, 2.24) is 4.90 Å². The largest absolute Gasteiger partial charge is 0.387 e. The molecule has 0 spiro atoms. The third-order valence-electron chi connectivity index (χ3n) is 3.77. The van der Waals surface area contributed by atoms with Gasteiger partial charge in [-0.3, -0.25) is 4.79 Å². The number of aliphatic hydroxyl groups is 1. The lowest BCUT2D eigenvalue weighted by Crippen LogP contribution is -2.33. The van der Waals surface area contributed by atoms with Crippen LogP contribution in [0.2, 0.25) is 0 Å². The van der Waals surface area contributed by atoms with Gasteiger partial charge in [0.05, 0.1) is 0 Å². The molecule has 2 fully saturated rings. The van der Waals surface area contributed by atoms with E-state index in [1.165, 1.54) is 19.3 Å². The van der Waals surface area contributed by atoms with E-state index in [4.69, 9.17) is 5.11 Å². The predicted molar refractivity (Wildman–Crippen MR) is 49.1 cm³/mol. The van der Waals surface area contributed by atoms with E-state index in [-0.39, 0.29) is 12.5 Å². The average Bonchev–Trinajstić information content (AvgIpc) is 2.57. The Bertz CT molecular complexity index is 229. The second-order valence-corrected chi connectivity index (χ2v) is 4.68. The van der Waals surface area contributed by atoms with E-state index < -0.39 is 0 Å². The van der Waals surface area contributed by atoms with Gasteiger partial charge in [-0.05, 0) is 24.2 Å². The molecule has 1 unspecified atom stereocenters. The van der Waals surface area contributed by atoms with Gasteiger partial charge in [0.15, 0.2) is 0 Å². The van der Waals surface area contributed by atoms with Crippen molar-refractivity contribution >= 4 is 5.91 Å². The van der Waals surface area contributed by atoms with Crippen LogP contribution in [0.1, 0.15) is 26.2 Å². The topological polar surface area (TPSA) is 40.5 Å². The lowest BCUT2D eigenvalue weighted by Gasteiger charge is -2.22. The predicted octanol–water partition coefficient (Wildman–Crippen LogP) is 0.627. The molecule has 0 bridgehead atoms. The van der Waals surface area contributed by atoms with Crippen molar-refractivity contribution in [2.45, 2.75) is 26.2 Å². The molecule has 0 aromatic rings. The number of carbonyl (C=O) groups is 1. The molecule has 13 heavy (non-hydrogen) atoms. The first-order valence-corrected chi connectivity index (χ1v) is 5.04. The SMILES string of the molecule is C[C@]12CCCC1CN(C(=O)CO)C2. The highest BCUT2D eigenvalue weighted by Gasteiger charge is 2.46. The number of fused-ring (bicyclic) bond motifs is 1. The van der Waals surface area contributed by atoms with Crippen molar-refractivity contribution in [1.29, 1.82) is 0 Å². The fourth-order valence-corrected chi connectivity index (χ4v) is 2.88. The summed E-state index contributed by atoms with van der Waals surface area (Å²) >= 11 is 0. The van der Waals surface area contributed by atoms with Gasteiger partial charge in [0, 0.05) is 13.1 Å². The fraction of sp³-hybridized carbons (Fsp3) is 0.900. The summed E-state index contributed by atoms with van der Waals surface area (Å²) in [6.07, 6.45) is 3.81. The molecule has 2 aliphatic rings. The maximum atomic E-state index is 11.3. The first-order valence-electron chi connectivity index (χ1n) is 5.04. The van der Waals surface area contributed by atoms with Gasteiger partial charge in [0.1, 0.15) is 6.61 Å². The van der Waals surface area contributed by atoms with Crippen LogP contribution in [0.15, 0.2) is 0 Å². The van der Waals surface area contributed by atoms with E-state index >= 15 is 0 Å². The third-order valence-corrected chi connectivity index (χ3v) is 3.77. The van der Waals surface area contributed by atoms with Crippen molar-refractivity contribution in [3.8, 4) is 0 Å². The van der Waals surface area contributed by atoms with Gasteiger partial charge in [-0.15, -0.1) is 0 Å². The van der Waals surface area contributed by atoms with Crippen molar-refractivity contribution < 1.29 is 9.90 Å². The first-order chi connectivity index (χ1) is 6.15. The summed E-state index contributed by atoms with van der Waals surface area (Å²) in [4.78, 5) is 13.1. The maximum absolute atomic E-state index is 11.3. The Morgan fingerprint density at radius 3 is 3.08 bits per heavy atom. The Morgan fingerprint density at radius 2 is 2.46 bits per heavy atom. The molecule has 1 aliphatic heterocycles. The zero-order valence-electron chi connectivity index (χ0n) is 8.12.